The van der Waals surface area contributed by atoms with Gasteiger partial charge in [-0.1, -0.05) is 0 Å². The second-order valence-corrected chi connectivity index (χ2v) is 7.39. The van der Waals surface area contributed by atoms with Gasteiger partial charge in [-0.3, -0.25) is 20.2 Å². The first-order valence-electron chi connectivity index (χ1n) is 9.80. The molecular formula is C21H24N4O5S. The largest absolute Gasteiger partial charge is 0.497 e. The number of carbonyl (C=O) groups excluding carboxylic acids is 1. The molecule has 1 aliphatic heterocycles. The van der Waals surface area contributed by atoms with Gasteiger partial charge in [0.25, 0.3) is 11.6 Å². The van der Waals surface area contributed by atoms with E-state index in [1.54, 1.807) is 37.4 Å². The summed E-state index contributed by atoms with van der Waals surface area (Å²) in [5, 5.41) is 17.1. The monoisotopic (exact) mass is 444 g/mol. The lowest BCUT2D eigenvalue weighted by Crippen LogP contribution is -2.34. The van der Waals surface area contributed by atoms with Crippen molar-refractivity contribution < 1.29 is 19.2 Å². The van der Waals surface area contributed by atoms with Crippen LogP contribution < -0.4 is 25.0 Å². The maximum Gasteiger partial charge on any atom is 0.293 e. The van der Waals surface area contributed by atoms with E-state index < -0.39 is 10.8 Å². The number of benzene rings is 2. The fourth-order valence-corrected chi connectivity index (χ4v) is 3.65. The van der Waals surface area contributed by atoms with Crippen LogP contribution in [0.15, 0.2) is 36.4 Å². The van der Waals surface area contributed by atoms with E-state index >= 15 is 0 Å². The Morgan fingerprint density at radius 2 is 1.84 bits per heavy atom. The van der Waals surface area contributed by atoms with E-state index in [1.165, 1.54) is 13.2 Å². The Morgan fingerprint density at radius 3 is 2.48 bits per heavy atom. The molecule has 2 aromatic rings. The molecule has 2 aromatic carbocycles. The van der Waals surface area contributed by atoms with E-state index in [0.717, 1.165) is 32.4 Å². The smallest absolute Gasteiger partial charge is 0.293 e. The summed E-state index contributed by atoms with van der Waals surface area (Å²) in [6.45, 7) is 1.54. The first kappa shape index (κ1) is 22.3. The predicted molar refractivity (Wildman–Crippen MR) is 122 cm³/mol. The summed E-state index contributed by atoms with van der Waals surface area (Å²) < 4.78 is 10.5. The number of nitro benzene ring substituents is 1. The van der Waals surface area contributed by atoms with Crippen LogP contribution in [0.5, 0.6) is 11.5 Å². The third kappa shape index (κ3) is 5.40. The molecule has 164 valence electrons. The lowest BCUT2D eigenvalue weighted by molar-refractivity contribution is -0.384. The summed E-state index contributed by atoms with van der Waals surface area (Å²) in [7, 11) is 3.05. The van der Waals surface area contributed by atoms with Crippen molar-refractivity contribution in [1.29, 1.82) is 0 Å². The number of nitrogens with zero attached hydrogens (tertiary/aromatic N) is 2. The van der Waals surface area contributed by atoms with Crippen molar-refractivity contribution in [3.8, 4) is 11.5 Å². The van der Waals surface area contributed by atoms with Crippen molar-refractivity contribution in [2.75, 3.05) is 37.5 Å². The molecule has 10 heteroatoms. The quantitative estimate of drug-likeness (QED) is 0.394. The molecule has 0 unspecified atom stereocenters. The molecule has 31 heavy (non-hydrogen) atoms. The van der Waals surface area contributed by atoms with Gasteiger partial charge in [0, 0.05) is 30.8 Å². The zero-order valence-electron chi connectivity index (χ0n) is 17.3. The Kier molecular flexibility index (Phi) is 7.24. The Morgan fingerprint density at radius 1 is 1.10 bits per heavy atom. The van der Waals surface area contributed by atoms with Gasteiger partial charge in [-0.05, 0) is 55.7 Å². The van der Waals surface area contributed by atoms with Gasteiger partial charge in [0.2, 0.25) is 0 Å². The average Bonchev–Trinajstić information content (AvgIpc) is 2.79. The van der Waals surface area contributed by atoms with Crippen LogP contribution in [0.2, 0.25) is 0 Å². The average molecular weight is 445 g/mol. The van der Waals surface area contributed by atoms with Gasteiger partial charge in [-0.25, -0.2) is 0 Å². The molecule has 3 rings (SSSR count). The number of rotatable bonds is 6. The van der Waals surface area contributed by atoms with Crippen LogP contribution in [-0.2, 0) is 0 Å². The molecule has 0 bridgehead atoms. The molecule has 2 N–H and O–H groups in total. The highest BCUT2D eigenvalue weighted by molar-refractivity contribution is 7.80. The van der Waals surface area contributed by atoms with Crippen LogP contribution in [0.1, 0.15) is 29.6 Å². The Bertz CT molecular complexity index is 992. The summed E-state index contributed by atoms with van der Waals surface area (Å²) >= 11 is 5.22. The van der Waals surface area contributed by atoms with Gasteiger partial charge in [-0.2, -0.15) is 0 Å². The summed E-state index contributed by atoms with van der Waals surface area (Å²) in [5.41, 5.74) is 1.13. The molecule has 0 saturated carbocycles. The van der Waals surface area contributed by atoms with E-state index in [0.29, 0.717) is 22.9 Å². The minimum atomic E-state index is -0.543. The highest BCUT2D eigenvalue weighted by Gasteiger charge is 2.23. The summed E-state index contributed by atoms with van der Waals surface area (Å²) in [4.78, 5) is 25.8. The standard InChI is InChI=1S/C21H24N4O5S/c1-29-15-7-8-16(19(13-15)30-2)22-21(31)23-20(26)14-6-9-17(18(12-14)25(27)28)24-10-4-3-5-11-24/h6-9,12-13H,3-5,10-11H2,1-2H3,(H2,22,23,26,31). The van der Waals surface area contributed by atoms with Crippen LogP contribution >= 0.6 is 12.2 Å². The molecule has 0 radical (unpaired) electrons. The fraction of sp³-hybridized carbons (Fsp3) is 0.333. The van der Waals surface area contributed by atoms with E-state index in [9.17, 15) is 14.9 Å². The minimum Gasteiger partial charge on any atom is -0.497 e. The molecular weight excluding hydrogens is 420 g/mol. The SMILES string of the molecule is COc1ccc(NC(=S)NC(=O)c2ccc(N3CCCCC3)c([N+](=O)[O-])c2)c(OC)c1. The first-order valence-corrected chi connectivity index (χ1v) is 10.2. The first-order chi connectivity index (χ1) is 14.9. The van der Waals surface area contributed by atoms with Crippen LogP contribution in [-0.4, -0.2) is 43.3 Å². The third-order valence-corrected chi connectivity index (χ3v) is 5.22. The van der Waals surface area contributed by atoms with Crippen molar-refractivity contribution in [1.82, 2.24) is 5.32 Å². The molecule has 0 spiro atoms. The van der Waals surface area contributed by atoms with E-state index in [4.69, 9.17) is 21.7 Å². The molecule has 0 atom stereocenters. The van der Waals surface area contributed by atoms with Crippen molar-refractivity contribution in [3.05, 3.63) is 52.1 Å². The second-order valence-electron chi connectivity index (χ2n) is 6.98. The number of nitro groups is 1. The van der Waals surface area contributed by atoms with Crippen LogP contribution in [0.4, 0.5) is 17.1 Å². The molecule has 0 aliphatic carbocycles. The predicted octanol–water partition coefficient (Wildman–Crippen LogP) is 3.73. The third-order valence-electron chi connectivity index (χ3n) is 5.02. The van der Waals surface area contributed by atoms with Gasteiger partial charge in [0.15, 0.2) is 5.11 Å². The summed E-state index contributed by atoms with van der Waals surface area (Å²) in [6, 6.07) is 9.59. The van der Waals surface area contributed by atoms with Gasteiger partial charge in [0.1, 0.15) is 17.2 Å². The zero-order valence-corrected chi connectivity index (χ0v) is 18.2. The highest BCUT2D eigenvalue weighted by Crippen LogP contribution is 2.32. The number of carbonyl (C=O) groups is 1. The summed E-state index contributed by atoms with van der Waals surface area (Å²) in [5.74, 6) is 0.550. The molecule has 1 fully saturated rings. The number of nitrogens with one attached hydrogen (secondary N) is 2. The van der Waals surface area contributed by atoms with E-state index in [-0.39, 0.29) is 16.4 Å². The number of thiocarbonyl (C=S) groups is 1. The van der Waals surface area contributed by atoms with Gasteiger partial charge < -0.3 is 19.7 Å². The molecule has 1 heterocycles. The van der Waals surface area contributed by atoms with Crippen LogP contribution in [0, 0.1) is 10.1 Å². The Labute approximate surface area is 185 Å². The molecule has 1 aliphatic rings. The molecule has 1 saturated heterocycles. The van der Waals surface area contributed by atoms with Crippen molar-refractivity contribution >= 4 is 40.3 Å². The highest BCUT2D eigenvalue weighted by atomic mass is 32.1. The minimum absolute atomic E-state index is 0.0382. The Hall–Kier alpha value is -3.40. The number of hydrogen-bond acceptors (Lipinski definition) is 7. The van der Waals surface area contributed by atoms with Gasteiger partial charge >= 0.3 is 0 Å². The number of ether oxygens (including phenoxy) is 2. The summed E-state index contributed by atoms with van der Waals surface area (Å²) in [6.07, 6.45) is 3.11. The lowest BCUT2D eigenvalue weighted by Gasteiger charge is -2.28. The maximum absolute atomic E-state index is 12.6. The van der Waals surface area contributed by atoms with Gasteiger partial charge in [0.05, 0.1) is 24.8 Å². The normalized spacial score (nSPS) is 13.3. The number of methoxy groups -OCH3 is 2. The molecule has 1 amide bonds. The second kappa shape index (κ2) is 10.1. The molecule has 9 nitrogen and oxygen atoms in total. The number of amides is 1. The van der Waals surface area contributed by atoms with Crippen LogP contribution in [0.3, 0.4) is 0 Å². The number of hydrogen-bond donors (Lipinski definition) is 2. The van der Waals surface area contributed by atoms with Gasteiger partial charge in [-0.15, -0.1) is 0 Å². The molecule has 0 aromatic heterocycles. The zero-order chi connectivity index (χ0) is 22.4. The fourth-order valence-electron chi connectivity index (χ4n) is 3.44. The van der Waals surface area contributed by atoms with Crippen molar-refractivity contribution in [2.24, 2.45) is 0 Å². The number of piperidine rings is 1. The topological polar surface area (TPSA) is 106 Å². The van der Waals surface area contributed by atoms with E-state index in [2.05, 4.69) is 10.6 Å². The Balaban J connectivity index is 1.73. The van der Waals surface area contributed by atoms with E-state index in [1.807, 2.05) is 4.90 Å². The lowest BCUT2D eigenvalue weighted by atomic mass is 10.1. The van der Waals surface area contributed by atoms with Crippen LogP contribution in [0.25, 0.3) is 0 Å². The maximum atomic E-state index is 12.6. The number of anilines is 2. The van der Waals surface area contributed by atoms with Crippen molar-refractivity contribution in [3.63, 3.8) is 0 Å². The van der Waals surface area contributed by atoms with Crippen molar-refractivity contribution in [2.45, 2.75) is 19.3 Å².